The number of aryl methyl sites for hydroxylation is 1. The number of methoxy groups -OCH3 is 1. The molecule has 1 atom stereocenters. The second kappa shape index (κ2) is 12.2. The number of amides is 1. The summed E-state index contributed by atoms with van der Waals surface area (Å²) in [6.07, 6.45) is 12.5. The molecule has 0 saturated carbocycles. The van der Waals surface area contributed by atoms with Crippen molar-refractivity contribution in [3.8, 4) is 24.4 Å². The molecule has 41 heavy (non-hydrogen) atoms. The monoisotopic (exact) mass is 557 g/mol. The normalized spacial score (nSPS) is 15.3. The Hall–Kier alpha value is -5.42. The molecule has 5 rings (SSSR count). The van der Waals surface area contributed by atoms with Crippen LogP contribution in [-0.2, 0) is 4.79 Å². The summed E-state index contributed by atoms with van der Waals surface area (Å²) in [5.41, 5.74) is 1.40. The lowest BCUT2D eigenvalue weighted by Crippen LogP contribution is -2.60. The number of carbonyl (C=O) groups is 2. The van der Waals surface area contributed by atoms with E-state index in [4.69, 9.17) is 16.4 Å². The number of fused-ring (bicyclic) bond motifs is 1. The van der Waals surface area contributed by atoms with Gasteiger partial charge >= 0.3 is 0 Å². The molecule has 212 valence electrons. The first-order chi connectivity index (χ1) is 19.8. The summed E-state index contributed by atoms with van der Waals surface area (Å²) < 4.78 is 6.98. The van der Waals surface area contributed by atoms with E-state index in [2.05, 4.69) is 38.0 Å². The highest BCUT2D eigenvalue weighted by atomic mass is 16.5. The number of hydrogen-bond donors (Lipinski definition) is 3. The molecule has 0 aliphatic carbocycles. The number of piperazine rings is 1. The molecule has 0 spiro atoms. The molecule has 0 unspecified atom stereocenters. The number of aromatic nitrogens is 5. The lowest BCUT2D eigenvalue weighted by atomic mass is 10.1. The van der Waals surface area contributed by atoms with E-state index in [9.17, 15) is 9.59 Å². The molecule has 5 N–H and O–H groups in total. The Balaban J connectivity index is 0.00000189. The average molecular weight is 558 g/mol. The Morgan fingerprint density at radius 3 is 2.54 bits per heavy atom. The maximum Gasteiger partial charge on any atom is 0.295 e. The second-order valence-electron chi connectivity index (χ2n) is 9.10. The largest absolute Gasteiger partial charge is 0.494 e. The number of benzene rings is 1. The minimum Gasteiger partial charge on any atom is -0.494 e. The predicted octanol–water partition coefficient (Wildman–Crippen LogP) is 1.04. The fourth-order valence-electron chi connectivity index (χ4n) is 4.75. The van der Waals surface area contributed by atoms with Crippen molar-refractivity contribution in [1.29, 1.82) is 0 Å². The zero-order chi connectivity index (χ0) is 29.7. The third kappa shape index (κ3) is 5.38. The summed E-state index contributed by atoms with van der Waals surface area (Å²) in [6, 6.07) is 8.97. The van der Waals surface area contributed by atoms with Crippen LogP contribution in [0.5, 0.6) is 5.75 Å². The molecule has 1 aliphatic heterocycles. The Bertz CT molecular complexity index is 1590. The van der Waals surface area contributed by atoms with Gasteiger partial charge in [-0.3, -0.25) is 9.59 Å². The smallest absolute Gasteiger partial charge is 0.295 e. The summed E-state index contributed by atoms with van der Waals surface area (Å²) in [6.45, 7) is 4.66. The van der Waals surface area contributed by atoms with Gasteiger partial charge in [0.25, 0.3) is 11.7 Å². The van der Waals surface area contributed by atoms with E-state index in [1.807, 2.05) is 42.2 Å². The van der Waals surface area contributed by atoms with Crippen molar-refractivity contribution in [3.05, 3.63) is 60.4 Å². The molecule has 4 heterocycles. The molecule has 1 amide bonds. The van der Waals surface area contributed by atoms with Crippen molar-refractivity contribution in [3.63, 3.8) is 0 Å². The van der Waals surface area contributed by atoms with Crippen LogP contribution in [0.4, 0.5) is 5.69 Å². The number of ether oxygens (including phenoxy) is 1. The van der Waals surface area contributed by atoms with Crippen molar-refractivity contribution < 1.29 is 14.3 Å². The number of guanidine groups is 1. The SMILES string of the molecule is C#C.COc1cnc(-n2cnc(C)n2)c2[nH]cc(C(=O)C(=O)N3CCN(/C(=N/N)N(N)c4ccccc4)C[C@H]3C)c12. The van der Waals surface area contributed by atoms with Gasteiger partial charge in [-0.1, -0.05) is 18.2 Å². The third-order valence-electron chi connectivity index (χ3n) is 6.67. The number of rotatable bonds is 5. The summed E-state index contributed by atoms with van der Waals surface area (Å²) in [7, 11) is 1.48. The Morgan fingerprint density at radius 1 is 1.20 bits per heavy atom. The number of H-pyrrole nitrogens is 1. The number of aromatic amines is 1. The number of para-hydroxylation sites is 1. The fourth-order valence-corrected chi connectivity index (χ4v) is 4.75. The lowest BCUT2D eigenvalue weighted by molar-refractivity contribution is -0.130. The topological polar surface area (TPSA) is 177 Å². The third-order valence-corrected chi connectivity index (χ3v) is 6.67. The van der Waals surface area contributed by atoms with Crippen molar-refractivity contribution in [1.82, 2.24) is 34.5 Å². The van der Waals surface area contributed by atoms with Crippen LogP contribution in [0.3, 0.4) is 0 Å². The highest BCUT2D eigenvalue weighted by molar-refractivity contribution is 6.45. The maximum atomic E-state index is 13.5. The number of hydrazone groups is 1. The van der Waals surface area contributed by atoms with Crippen LogP contribution in [0, 0.1) is 19.8 Å². The van der Waals surface area contributed by atoms with Crippen LogP contribution < -0.4 is 21.4 Å². The van der Waals surface area contributed by atoms with E-state index in [0.29, 0.717) is 53.0 Å². The lowest BCUT2D eigenvalue weighted by Gasteiger charge is -2.42. The van der Waals surface area contributed by atoms with Gasteiger partial charge in [-0.25, -0.2) is 25.5 Å². The molecule has 4 aromatic rings. The summed E-state index contributed by atoms with van der Waals surface area (Å²) in [5, 5.41) is 10.0. The second-order valence-corrected chi connectivity index (χ2v) is 9.10. The first-order valence-electron chi connectivity index (χ1n) is 12.6. The molecular formula is C27H31N11O3. The zero-order valence-electron chi connectivity index (χ0n) is 22.9. The van der Waals surface area contributed by atoms with Crippen LogP contribution >= 0.6 is 0 Å². The number of nitrogens with zero attached hydrogens (tertiary/aromatic N) is 8. The van der Waals surface area contributed by atoms with Gasteiger partial charge in [0.05, 0.1) is 35.5 Å². The molecular weight excluding hydrogens is 526 g/mol. The highest BCUT2D eigenvalue weighted by Crippen LogP contribution is 2.32. The average Bonchev–Trinajstić information content (AvgIpc) is 3.65. The van der Waals surface area contributed by atoms with Crippen LogP contribution in [0.1, 0.15) is 23.1 Å². The number of anilines is 1. The number of nitrogens with one attached hydrogen (secondary N) is 1. The number of hydrogen-bond acceptors (Lipinski definition) is 9. The van der Waals surface area contributed by atoms with Gasteiger partial charge < -0.3 is 25.4 Å². The van der Waals surface area contributed by atoms with E-state index in [1.54, 1.807) is 11.8 Å². The van der Waals surface area contributed by atoms with Crippen LogP contribution in [0.25, 0.3) is 16.7 Å². The molecule has 14 nitrogen and oxygen atoms in total. The van der Waals surface area contributed by atoms with Gasteiger partial charge in [0, 0.05) is 31.9 Å². The van der Waals surface area contributed by atoms with E-state index in [-0.39, 0.29) is 18.2 Å². The molecule has 1 fully saturated rings. The maximum absolute atomic E-state index is 13.5. The summed E-state index contributed by atoms with van der Waals surface area (Å²) >= 11 is 0. The van der Waals surface area contributed by atoms with Crippen molar-refractivity contribution in [2.75, 3.05) is 31.8 Å². The highest BCUT2D eigenvalue weighted by Gasteiger charge is 2.35. The standard InChI is InChI=1S/C25H29N11O3.C2H2/c1-15-13-33(25(31-26)36(27)17-7-5-4-6-8-17)9-10-34(15)24(38)22(37)18-11-28-21-20(18)19(39-3)12-29-23(21)35-14-30-16(2)32-35;1-2/h4-8,11-12,14-15,28H,9-10,13,26-27H2,1-3H3;1-2H/b31-25-;/t15-;/m1./s1. The number of carbonyl (C=O) groups excluding carboxylic acids is 2. The first-order valence-corrected chi connectivity index (χ1v) is 12.6. The Kier molecular flexibility index (Phi) is 8.49. The molecule has 0 bridgehead atoms. The molecule has 1 aliphatic rings. The summed E-state index contributed by atoms with van der Waals surface area (Å²) in [5.74, 6) is 12.4. The number of nitrogens with two attached hydrogens (primary N) is 2. The Morgan fingerprint density at radius 2 is 1.93 bits per heavy atom. The zero-order valence-corrected chi connectivity index (χ0v) is 22.9. The molecule has 1 saturated heterocycles. The molecule has 14 heteroatoms. The van der Waals surface area contributed by atoms with Gasteiger partial charge in [-0.15, -0.1) is 17.9 Å². The number of Topliss-reactive ketones (excluding diaryl/α,β-unsaturated/α-hetero) is 1. The van der Waals surface area contributed by atoms with E-state index in [0.717, 1.165) is 0 Å². The number of hydrazine groups is 1. The van der Waals surface area contributed by atoms with E-state index in [1.165, 1.54) is 35.5 Å². The van der Waals surface area contributed by atoms with Gasteiger partial charge in [0.2, 0.25) is 5.96 Å². The van der Waals surface area contributed by atoms with Gasteiger partial charge in [-0.05, 0) is 26.0 Å². The van der Waals surface area contributed by atoms with Gasteiger partial charge in [-0.2, -0.15) is 5.10 Å². The van der Waals surface area contributed by atoms with Crippen LogP contribution in [-0.4, -0.2) is 85.0 Å². The number of pyridine rings is 1. The molecule has 1 aromatic carbocycles. The van der Waals surface area contributed by atoms with E-state index >= 15 is 0 Å². The molecule has 0 radical (unpaired) electrons. The first kappa shape index (κ1) is 28.6. The van der Waals surface area contributed by atoms with Gasteiger partial charge in [0.1, 0.15) is 17.9 Å². The van der Waals surface area contributed by atoms with Crippen molar-refractivity contribution in [2.45, 2.75) is 19.9 Å². The van der Waals surface area contributed by atoms with Crippen LogP contribution in [0.15, 0.2) is 54.2 Å². The van der Waals surface area contributed by atoms with E-state index < -0.39 is 11.7 Å². The van der Waals surface area contributed by atoms with Gasteiger partial charge in [0.15, 0.2) is 5.82 Å². The fraction of sp³-hybridized carbons (Fsp3) is 0.259. The van der Waals surface area contributed by atoms with Crippen molar-refractivity contribution in [2.24, 2.45) is 16.8 Å². The quantitative estimate of drug-likeness (QED) is 0.0611. The summed E-state index contributed by atoms with van der Waals surface area (Å²) in [4.78, 5) is 42.1. The minimum atomic E-state index is -0.663. The number of terminal acetylenes is 1. The predicted molar refractivity (Wildman–Crippen MR) is 154 cm³/mol. The molecule has 3 aromatic heterocycles. The van der Waals surface area contributed by atoms with Crippen molar-refractivity contribution >= 4 is 34.2 Å². The number of ketones is 1. The Labute approximate surface area is 236 Å². The minimum absolute atomic E-state index is 0.184. The van der Waals surface area contributed by atoms with Crippen LogP contribution in [0.2, 0.25) is 0 Å².